The monoisotopic (exact) mass is 416 g/mol. The Kier molecular flexibility index (Phi) is 16.1. The Morgan fingerprint density at radius 2 is 1.14 bits per heavy atom. The van der Waals surface area contributed by atoms with Gasteiger partial charge in [-0.2, -0.15) is 0 Å². The molecule has 0 N–H and O–H groups in total. The summed E-state index contributed by atoms with van der Waals surface area (Å²) in [5.41, 5.74) is 0. The molecule has 0 aromatic rings. The number of nitrogens with zero attached hydrogens (tertiary/aromatic N) is 2. The number of methoxy groups -OCH3 is 3. The molecule has 0 amide bonds. The van der Waals surface area contributed by atoms with E-state index < -0.39 is 5.97 Å². The third kappa shape index (κ3) is 12.3. The van der Waals surface area contributed by atoms with E-state index >= 15 is 0 Å². The van der Waals surface area contributed by atoms with Crippen LogP contribution in [0.3, 0.4) is 0 Å². The first-order valence-electron chi connectivity index (χ1n) is 11.9. The third-order valence-electron chi connectivity index (χ3n) is 6.03. The highest BCUT2D eigenvalue weighted by Crippen LogP contribution is 2.21. The molecule has 1 fully saturated rings. The summed E-state index contributed by atoms with van der Waals surface area (Å²) in [5, 5.41) is 0. The van der Waals surface area contributed by atoms with Crippen LogP contribution < -0.4 is 0 Å². The van der Waals surface area contributed by atoms with Crippen LogP contribution in [0.4, 0.5) is 0 Å². The Balaban J connectivity index is 1.84. The van der Waals surface area contributed by atoms with Gasteiger partial charge in [0.1, 0.15) is 0 Å². The molecule has 0 bridgehead atoms. The van der Waals surface area contributed by atoms with Crippen LogP contribution >= 0.6 is 0 Å². The van der Waals surface area contributed by atoms with Gasteiger partial charge in [0.15, 0.2) is 0 Å². The fraction of sp³-hybridized carbons (Fsp3) is 1.00. The van der Waals surface area contributed by atoms with Crippen LogP contribution in [0.1, 0.15) is 77.6 Å². The molecule has 0 unspecified atom stereocenters. The Morgan fingerprint density at radius 3 is 1.66 bits per heavy atom. The van der Waals surface area contributed by atoms with Crippen molar-refractivity contribution in [3.05, 3.63) is 0 Å². The SMILES string of the molecule is CCOCCN1CCN(CCCCCCCCCCCCC(OC)(OC)OC)C1. The third-order valence-corrected chi connectivity index (χ3v) is 6.03. The standard InChI is InChI=1S/C23H48N2O4/c1-5-29-21-20-25-19-18-24(22-25)17-15-13-11-9-7-6-8-10-12-14-16-23(26-2,27-3)28-4/h5-22H2,1-4H3. The number of hydrogen-bond donors (Lipinski definition) is 0. The van der Waals surface area contributed by atoms with E-state index in [0.29, 0.717) is 0 Å². The molecule has 1 aliphatic rings. The number of ether oxygens (including phenoxy) is 4. The molecular formula is C23H48N2O4. The summed E-state index contributed by atoms with van der Waals surface area (Å²) >= 11 is 0. The lowest BCUT2D eigenvalue weighted by Gasteiger charge is -2.28. The maximum absolute atomic E-state index is 5.46. The van der Waals surface area contributed by atoms with Crippen LogP contribution in [0.5, 0.6) is 0 Å². The highest BCUT2D eigenvalue weighted by atomic mass is 16.9. The van der Waals surface area contributed by atoms with Crippen LogP contribution in [0.25, 0.3) is 0 Å². The van der Waals surface area contributed by atoms with Gasteiger partial charge in [0.05, 0.1) is 13.3 Å². The van der Waals surface area contributed by atoms with E-state index in [2.05, 4.69) is 16.7 Å². The molecule has 174 valence electrons. The van der Waals surface area contributed by atoms with Gasteiger partial charge in [-0.25, -0.2) is 0 Å². The molecule has 6 nitrogen and oxygen atoms in total. The van der Waals surface area contributed by atoms with Gasteiger partial charge in [0.25, 0.3) is 5.97 Å². The Hall–Kier alpha value is -0.240. The maximum atomic E-state index is 5.46. The zero-order valence-corrected chi connectivity index (χ0v) is 19.8. The van der Waals surface area contributed by atoms with Crippen LogP contribution in [-0.2, 0) is 18.9 Å². The van der Waals surface area contributed by atoms with Gasteiger partial charge in [-0.3, -0.25) is 9.80 Å². The zero-order valence-electron chi connectivity index (χ0n) is 19.8. The molecule has 6 heteroatoms. The lowest BCUT2D eigenvalue weighted by molar-refractivity contribution is -0.355. The molecule has 1 aliphatic heterocycles. The molecule has 0 radical (unpaired) electrons. The molecule has 1 saturated heterocycles. The normalized spacial score (nSPS) is 16.1. The molecule has 0 atom stereocenters. The summed E-state index contributed by atoms with van der Waals surface area (Å²) in [6.45, 7) is 9.67. The van der Waals surface area contributed by atoms with Gasteiger partial charge in [0.2, 0.25) is 0 Å². The lowest BCUT2D eigenvalue weighted by atomic mass is 10.1. The van der Waals surface area contributed by atoms with Crippen LogP contribution in [0.15, 0.2) is 0 Å². The number of rotatable bonds is 20. The van der Waals surface area contributed by atoms with Crippen molar-refractivity contribution in [1.29, 1.82) is 0 Å². The maximum Gasteiger partial charge on any atom is 0.282 e. The highest BCUT2D eigenvalue weighted by Gasteiger charge is 2.28. The Morgan fingerprint density at radius 1 is 0.655 bits per heavy atom. The second-order valence-electron chi connectivity index (χ2n) is 8.16. The minimum atomic E-state index is -0.850. The molecule has 0 saturated carbocycles. The van der Waals surface area contributed by atoms with Crippen molar-refractivity contribution in [2.45, 2.75) is 83.5 Å². The predicted octanol–water partition coefficient (Wildman–Crippen LogP) is 4.48. The van der Waals surface area contributed by atoms with Gasteiger partial charge in [-0.1, -0.05) is 51.4 Å². The zero-order chi connectivity index (χ0) is 21.2. The number of hydrogen-bond acceptors (Lipinski definition) is 6. The van der Waals surface area contributed by atoms with Crippen molar-refractivity contribution < 1.29 is 18.9 Å². The van der Waals surface area contributed by atoms with Crippen molar-refractivity contribution in [3.63, 3.8) is 0 Å². The average molecular weight is 417 g/mol. The van der Waals surface area contributed by atoms with E-state index in [4.69, 9.17) is 18.9 Å². The second-order valence-corrected chi connectivity index (χ2v) is 8.16. The van der Waals surface area contributed by atoms with Gasteiger partial charge in [0, 0.05) is 54.0 Å². The first-order chi connectivity index (χ1) is 14.2. The van der Waals surface area contributed by atoms with Crippen molar-refractivity contribution in [2.75, 3.05) is 67.4 Å². The van der Waals surface area contributed by atoms with E-state index in [1.54, 1.807) is 21.3 Å². The fourth-order valence-corrected chi connectivity index (χ4v) is 4.06. The largest absolute Gasteiger partial charge is 0.380 e. The predicted molar refractivity (Wildman–Crippen MR) is 119 cm³/mol. The second kappa shape index (κ2) is 17.4. The highest BCUT2D eigenvalue weighted by molar-refractivity contribution is 4.70. The summed E-state index contributed by atoms with van der Waals surface area (Å²) < 4.78 is 21.4. The van der Waals surface area contributed by atoms with Gasteiger partial charge < -0.3 is 18.9 Å². The van der Waals surface area contributed by atoms with E-state index in [-0.39, 0.29) is 0 Å². The van der Waals surface area contributed by atoms with Crippen molar-refractivity contribution in [2.24, 2.45) is 0 Å². The van der Waals surface area contributed by atoms with E-state index in [0.717, 1.165) is 39.3 Å². The minimum absolute atomic E-state index is 0.789. The smallest absolute Gasteiger partial charge is 0.282 e. The summed E-state index contributed by atoms with van der Waals surface area (Å²) in [7, 11) is 4.91. The topological polar surface area (TPSA) is 43.4 Å². The molecule has 0 aromatic heterocycles. The molecule has 29 heavy (non-hydrogen) atoms. The van der Waals surface area contributed by atoms with Crippen LogP contribution in [-0.4, -0.2) is 83.2 Å². The molecule has 0 aliphatic carbocycles. The summed E-state index contributed by atoms with van der Waals surface area (Å²) in [6, 6.07) is 0. The molecule has 1 rings (SSSR count). The molecular weight excluding hydrogens is 368 g/mol. The Bertz CT molecular complexity index is 359. The minimum Gasteiger partial charge on any atom is -0.380 e. The molecule has 0 aromatic carbocycles. The average Bonchev–Trinajstić information content (AvgIpc) is 3.20. The number of unbranched alkanes of at least 4 members (excludes halogenated alkanes) is 9. The summed E-state index contributed by atoms with van der Waals surface area (Å²) in [6.07, 6.45) is 14.0. The van der Waals surface area contributed by atoms with Gasteiger partial charge in [-0.05, 0) is 26.3 Å². The van der Waals surface area contributed by atoms with Gasteiger partial charge in [-0.15, -0.1) is 0 Å². The lowest BCUT2D eigenvalue weighted by Crippen LogP contribution is -2.35. The van der Waals surface area contributed by atoms with E-state index in [1.165, 1.54) is 77.4 Å². The molecule has 0 spiro atoms. The first kappa shape index (κ1) is 26.8. The quantitative estimate of drug-likeness (QED) is 0.215. The van der Waals surface area contributed by atoms with Crippen LogP contribution in [0.2, 0.25) is 0 Å². The molecule has 1 heterocycles. The van der Waals surface area contributed by atoms with E-state index in [1.807, 2.05) is 0 Å². The van der Waals surface area contributed by atoms with Crippen molar-refractivity contribution in [3.8, 4) is 0 Å². The summed E-state index contributed by atoms with van der Waals surface area (Å²) in [4.78, 5) is 5.10. The van der Waals surface area contributed by atoms with E-state index in [9.17, 15) is 0 Å². The van der Waals surface area contributed by atoms with Crippen molar-refractivity contribution in [1.82, 2.24) is 9.80 Å². The summed E-state index contributed by atoms with van der Waals surface area (Å²) in [5.74, 6) is -0.850. The fourth-order valence-electron chi connectivity index (χ4n) is 4.06. The van der Waals surface area contributed by atoms with Crippen molar-refractivity contribution >= 4 is 0 Å². The van der Waals surface area contributed by atoms with Gasteiger partial charge >= 0.3 is 0 Å². The first-order valence-corrected chi connectivity index (χ1v) is 11.9. The Labute approximate surface area is 180 Å². The van der Waals surface area contributed by atoms with Crippen LogP contribution in [0, 0.1) is 0 Å².